The molecule has 0 atom stereocenters. The van der Waals surface area contributed by atoms with E-state index in [0.717, 1.165) is 35.7 Å². The summed E-state index contributed by atoms with van der Waals surface area (Å²) in [5, 5.41) is 13.1. The molecule has 3 aromatic carbocycles. The van der Waals surface area contributed by atoms with Crippen molar-refractivity contribution in [1.29, 1.82) is 0 Å². The summed E-state index contributed by atoms with van der Waals surface area (Å²) < 4.78 is 16.1. The van der Waals surface area contributed by atoms with Crippen LogP contribution in [0.1, 0.15) is 25.0 Å². The number of benzene rings is 3. The summed E-state index contributed by atoms with van der Waals surface area (Å²) in [4.78, 5) is 12.7. The molecule has 4 rings (SSSR count). The Kier molecular flexibility index (Phi) is 8.57. The van der Waals surface area contributed by atoms with Crippen LogP contribution in [0.3, 0.4) is 0 Å². The fourth-order valence-electron chi connectivity index (χ4n) is 3.82. The van der Waals surface area contributed by atoms with Gasteiger partial charge in [-0.25, -0.2) is 4.39 Å². The van der Waals surface area contributed by atoms with Gasteiger partial charge in [0.25, 0.3) is 0 Å². The van der Waals surface area contributed by atoms with Crippen molar-refractivity contribution in [3.05, 3.63) is 86.6 Å². The van der Waals surface area contributed by atoms with Crippen molar-refractivity contribution in [2.45, 2.75) is 31.8 Å². The highest BCUT2D eigenvalue weighted by Gasteiger charge is 2.22. The van der Waals surface area contributed by atoms with Gasteiger partial charge < -0.3 is 5.32 Å². The van der Waals surface area contributed by atoms with E-state index in [9.17, 15) is 9.18 Å². The van der Waals surface area contributed by atoms with Gasteiger partial charge in [0.05, 0.1) is 22.2 Å². The molecule has 0 fully saturated rings. The molecule has 0 spiro atoms. The molecule has 0 radical (unpaired) electrons. The highest BCUT2D eigenvalue weighted by molar-refractivity contribution is 7.99. The van der Waals surface area contributed by atoms with E-state index in [0.29, 0.717) is 26.6 Å². The van der Waals surface area contributed by atoms with Crippen LogP contribution in [0.15, 0.2) is 59.8 Å². The van der Waals surface area contributed by atoms with Crippen LogP contribution in [-0.4, -0.2) is 26.4 Å². The summed E-state index contributed by atoms with van der Waals surface area (Å²) in [6.07, 6.45) is 1.57. The van der Waals surface area contributed by atoms with E-state index in [1.54, 1.807) is 18.2 Å². The van der Waals surface area contributed by atoms with E-state index in [1.165, 1.54) is 23.9 Å². The van der Waals surface area contributed by atoms with Crippen LogP contribution in [0.25, 0.3) is 17.1 Å². The van der Waals surface area contributed by atoms with Gasteiger partial charge >= 0.3 is 0 Å². The zero-order valence-electron chi connectivity index (χ0n) is 19.5. The third-order valence-corrected chi connectivity index (χ3v) is 7.24. The minimum atomic E-state index is -0.604. The van der Waals surface area contributed by atoms with Crippen LogP contribution >= 0.6 is 46.6 Å². The van der Waals surface area contributed by atoms with E-state index in [4.69, 9.17) is 34.8 Å². The molecule has 0 aliphatic carbocycles. The number of nitrogens with one attached hydrogen (secondary N) is 1. The third kappa shape index (κ3) is 5.70. The molecule has 0 saturated carbocycles. The molecule has 0 aliphatic heterocycles. The average molecular weight is 564 g/mol. The van der Waals surface area contributed by atoms with Gasteiger partial charge in [0.15, 0.2) is 11.0 Å². The number of aromatic nitrogens is 3. The molecule has 1 amide bonds. The van der Waals surface area contributed by atoms with Crippen LogP contribution in [0.5, 0.6) is 0 Å². The molecular formula is C26H22Cl3FN4OS. The van der Waals surface area contributed by atoms with Crippen molar-refractivity contribution in [3.8, 4) is 17.1 Å². The summed E-state index contributed by atoms with van der Waals surface area (Å²) >= 11 is 19.7. The van der Waals surface area contributed by atoms with Crippen molar-refractivity contribution in [1.82, 2.24) is 14.8 Å². The van der Waals surface area contributed by atoms with Gasteiger partial charge in [-0.3, -0.25) is 9.36 Å². The molecule has 0 aliphatic rings. The predicted molar refractivity (Wildman–Crippen MR) is 146 cm³/mol. The van der Waals surface area contributed by atoms with Gasteiger partial charge in [0.2, 0.25) is 5.91 Å². The Bertz CT molecular complexity index is 1400. The largest absolute Gasteiger partial charge is 0.323 e. The SMILES string of the molecule is CCc1cccc(CC)c1-n1c(SCC(=O)Nc2ccc(Cl)cc2F)nnc1-c1ccc(Cl)cc1Cl. The molecule has 0 bridgehead atoms. The Morgan fingerprint density at radius 3 is 2.28 bits per heavy atom. The van der Waals surface area contributed by atoms with Crippen LogP contribution in [0, 0.1) is 5.82 Å². The fraction of sp³-hybridized carbons (Fsp3) is 0.192. The van der Waals surface area contributed by atoms with Crippen LogP contribution in [-0.2, 0) is 17.6 Å². The second-order valence-corrected chi connectivity index (χ2v) is 10.1. The number of carbonyl (C=O) groups excluding carboxylic acids is 1. The van der Waals surface area contributed by atoms with Crippen molar-refractivity contribution in [2.24, 2.45) is 0 Å². The first kappa shape index (κ1) is 26.5. The summed E-state index contributed by atoms with van der Waals surface area (Å²) in [7, 11) is 0. The molecule has 1 heterocycles. The topological polar surface area (TPSA) is 59.8 Å². The molecule has 1 aromatic heterocycles. The van der Waals surface area contributed by atoms with Crippen molar-refractivity contribution >= 4 is 58.2 Å². The van der Waals surface area contributed by atoms with Gasteiger partial charge in [-0.2, -0.15) is 0 Å². The maximum atomic E-state index is 14.1. The van der Waals surface area contributed by atoms with Crippen LogP contribution in [0.4, 0.5) is 10.1 Å². The zero-order valence-corrected chi connectivity index (χ0v) is 22.6. The lowest BCUT2D eigenvalue weighted by Gasteiger charge is -2.18. The van der Waals surface area contributed by atoms with Gasteiger partial charge in [0.1, 0.15) is 5.82 Å². The number of hydrogen-bond donors (Lipinski definition) is 1. The number of amides is 1. The second kappa shape index (κ2) is 11.6. The number of para-hydroxylation sites is 1. The van der Waals surface area contributed by atoms with E-state index in [2.05, 4.69) is 41.5 Å². The molecule has 36 heavy (non-hydrogen) atoms. The highest BCUT2D eigenvalue weighted by atomic mass is 35.5. The minimum Gasteiger partial charge on any atom is -0.323 e. The Labute approximate surface area is 228 Å². The maximum Gasteiger partial charge on any atom is 0.234 e. The Morgan fingerprint density at radius 2 is 1.64 bits per heavy atom. The molecule has 10 heteroatoms. The number of aryl methyl sites for hydroxylation is 2. The number of halogens is 4. The molecular weight excluding hydrogens is 542 g/mol. The number of nitrogens with zero attached hydrogens (tertiary/aromatic N) is 3. The summed E-state index contributed by atoms with van der Waals surface area (Å²) in [5.41, 5.74) is 3.90. The number of carbonyl (C=O) groups is 1. The van der Waals surface area contributed by atoms with Gasteiger partial charge in [-0.05, 0) is 60.4 Å². The Morgan fingerprint density at radius 1 is 0.972 bits per heavy atom. The number of thioether (sulfide) groups is 1. The number of rotatable bonds is 8. The minimum absolute atomic E-state index is 0.00962. The first-order valence-electron chi connectivity index (χ1n) is 11.2. The first-order valence-corrected chi connectivity index (χ1v) is 13.3. The Hall–Kier alpha value is -2.58. The molecule has 0 saturated heterocycles. The second-order valence-electron chi connectivity index (χ2n) is 7.86. The summed E-state index contributed by atoms with van der Waals surface area (Å²) in [5.74, 6) is -0.460. The molecule has 186 valence electrons. The number of anilines is 1. The molecule has 0 unspecified atom stereocenters. The van der Waals surface area contributed by atoms with Gasteiger partial charge in [0, 0.05) is 15.6 Å². The van der Waals surface area contributed by atoms with Gasteiger partial charge in [-0.15, -0.1) is 10.2 Å². The highest BCUT2D eigenvalue weighted by Crippen LogP contribution is 2.36. The lowest BCUT2D eigenvalue weighted by Crippen LogP contribution is -2.16. The van der Waals surface area contributed by atoms with Gasteiger partial charge in [-0.1, -0.05) is 78.6 Å². The van der Waals surface area contributed by atoms with E-state index >= 15 is 0 Å². The average Bonchev–Trinajstić information content (AvgIpc) is 3.27. The predicted octanol–water partition coefficient (Wildman–Crippen LogP) is 7.89. The normalized spacial score (nSPS) is 11.1. The Balaban J connectivity index is 1.74. The van der Waals surface area contributed by atoms with E-state index < -0.39 is 5.82 Å². The van der Waals surface area contributed by atoms with Crippen LogP contribution in [0.2, 0.25) is 15.1 Å². The monoisotopic (exact) mass is 562 g/mol. The maximum absolute atomic E-state index is 14.1. The smallest absolute Gasteiger partial charge is 0.234 e. The molecule has 4 aromatic rings. The summed E-state index contributed by atoms with van der Waals surface area (Å²) in [6.45, 7) is 4.16. The van der Waals surface area contributed by atoms with Crippen molar-refractivity contribution in [3.63, 3.8) is 0 Å². The third-order valence-electron chi connectivity index (χ3n) is 5.53. The molecule has 5 nitrogen and oxygen atoms in total. The summed E-state index contributed by atoms with van der Waals surface area (Å²) in [6, 6.07) is 15.4. The van der Waals surface area contributed by atoms with E-state index in [-0.39, 0.29) is 22.4 Å². The first-order chi connectivity index (χ1) is 17.3. The molecule has 1 N–H and O–H groups in total. The lowest BCUT2D eigenvalue weighted by molar-refractivity contribution is -0.113. The lowest BCUT2D eigenvalue weighted by atomic mass is 10.0. The van der Waals surface area contributed by atoms with E-state index in [1.807, 2.05) is 10.6 Å². The fourth-order valence-corrected chi connectivity index (χ4v) is 5.21. The quantitative estimate of drug-likeness (QED) is 0.221. The van der Waals surface area contributed by atoms with Crippen LogP contribution < -0.4 is 5.32 Å². The number of hydrogen-bond acceptors (Lipinski definition) is 4. The van der Waals surface area contributed by atoms with Crippen molar-refractivity contribution in [2.75, 3.05) is 11.1 Å². The standard InChI is InChI=1S/C26H22Cl3FN4OS/c1-3-15-6-5-7-16(4-2)24(15)34-25(19-10-8-17(27)12-20(19)29)32-33-26(34)36-14-23(35)31-22-11-9-18(28)13-21(22)30/h5-13H,3-4,14H2,1-2H3,(H,31,35). The zero-order chi connectivity index (χ0) is 25.8. The van der Waals surface area contributed by atoms with Crippen molar-refractivity contribution < 1.29 is 9.18 Å².